The standard InChI is InChI=1S/C27H29F9N8O5/c1-15(41-17-11-40-44(14-48-8-4-25(28,29)30)23(46)20(17)27(34,35)36)13-49-18-3-5-37-22(21(18)47-2)43-7-6-42(12-19(43)45)24-38-9-16(10-39-24)26(31,32)33/h3,5,9-11,15,19,41,45H,4,6-8,12-14H2,1-2H3/t15-,19-/m0/s1. The molecule has 0 radical (unpaired) electrons. The SMILES string of the molecule is COc1c(OC[C@H](C)Nc2cnn(COCCC(F)(F)F)c(=O)c2C(F)(F)F)ccnc1N1CCN(c2ncc(C(F)(F)F)cn2)C[C@@H]1O. The van der Waals surface area contributed by atoms with Crippen LogP contribution in [0.4, 0.5) is 57.0 Å². The van der Waals surface area contributed by atoms with Crippen LogP contribution < -0.4 is 30.1 Å². The molecule has 49 heavy (non-hydrogen) atoms. The normalized spacial score (nSPS) is 16.4. The number of β-amino-alcohol motifs (C(OH)–C–C–N with tert-alkyl or cyclic N) is 1. The number of rotatable bonds is 12. The molecule has 270 valence electrons. The number of ether oxygens (including phenoxy) is 3. The van der Waals surface area contributed by atoms with Crippen molar-refractivity contribution in [3.05, 3.63) is 52.3 Å². The molecule has 22 heteroatoms. The fourth-order valence-corrected chi connectivity index (χ4v) is 4.58. The van der Waals surface area contributed by atoms with Crippen molar-refractivity contribution in [2.75, 3.05) is 55.1 Å². The average molecular weight is 717 g/mol. The molecule has 1 aliphatic rings. The van der Waals surface area contributed by atoms with Gasteiger partial charge in [-0.05, 0) is 6.92 Å². The van der Waals surface area contributed by atoms with Crippen molar-refractivity contribution < 1.29 is 58.8 Å². The van der Waals surface area contributed by atoms with E-state index in [0.29, 0.717) is 18.6 Å². The Bertz CT molecular complexity index is 1620. The molecule has 0 aliphatic carbocycles. The number of hydrogen-bond acceptors (Lipinski definition) is 12. The molecule has 4 rings (SSSR count). The van der Waals surface area contributed by atoms with Crippen LogP contribution in [0.25, 0.3) is 0 Å². The second-order valence-electron chi connectivity index (χ2n) is 10.6. The van der Waals surface area contributed by atoms with Crippen molar-refractivity contribution in [2.24, 2.45) is 0 Å². The highest BCUT2D eigenvalue weighted by Gasteiger charge is 2.39. The lowest BCUT2D eigenvalue weighted by Gasteiger charge is -2.39. The lowest BCUT2D eigenvalue weighted by Crippen LogP contribution is -2.54. The maximum absolute atomic E-state index is 13.9. The minimum atomic E-state index is -5.16. The minimum Gasteiger partial charge on any atom is -0.490 e. The van der Waals surface area contributed by atoms with Gasteiger partial charge in [-0.3, -0.25) is 4.79 Å². The summed E-state index contributed by atoms with van der Waals surface area (Å²) >= 11 is 0. The van der Waals surface area contributed by atoms with Gasteiger partial charge in [0.05, 0.1) is 50.2 Å². The average Bonchev–Trinajstić information content (AvgIpc) is 3.01. The first-order valence-corrected chi connectivity index (χ1v) is 14.2. The number of aromatic nitrogens is 5. The molecule has 13 nitrogen and oxygen atoms in total. The molecule has 3 aromatic rings. The molecule has 0 bridgehead atoms. The van der Waals surface area contributed by atoms with E-state index in [-0.39, 0.29) is 54.2 Å². The molecule has 4 heterocycles. The van der Waals surface area contributed by atoms with Crippen LogP contribution in [0.5, 0.6) is 11.5 Å². The fourth-order valence-electron chi connectivity index (χ4n) is 4.58. The van der Waals surface area contributed by atoms with E-state index in [2.05, 4.69) is 30.1 Å². The second kappa shape index (κ2) is 14.9. The highest BCUT2D eigenvalue weighted by Crippen LogP contribution is 2.38. The number of pyridine rings is 1. The fraction of sp³-hybridized carbons (Fsp3) is 0.519. The summed E-state index contributed by atoms with van der Waals surface area (Å²) in [6.07, 6.45) is -13.7. The molecule has 0 aromatic carbocycles. The van der Waals surface area contributed by atoms with Crippen LogP contribution in [-0.2, 0) is 23.8 Å². The molecule has 2 N–H and O–H groups in total. The van der Waals surface area contributed by atoms with Gasteiger partial charge in [-0.15, -0.1) is 0 Å². The van der Waals surface area contributed by atoms with Crippen molar-refractivity contribution in [1.29, 1.82) is 0 Å². The van der Waals surface area contributed by atoms with Gasteiger partial charge in [0, 0.05) is 37.7 Å². The lowest BCUT2D eigenvalue weighted by molar-refractivity contribution is -0.148. The summed E-state index contributed by atoms with van der Waals surface area (Å²) in [6, 6.07) is 0.511. The quantitative estimate of drug-likeness (QED) is 0.208. The van der Waals surface area contributed by atoms with Gasteiger partial charge in [0.15, 0.2) is 11.6 Å². The third kappa shape index (κ3) is 9.52. The molecule has 3 aromatic heterocycles. The van der Waals surface area contributed by atoms with Crippen molar-refractivity contribution >= 4 is 17.5 Å². The Balaban J connectivity index is 1.42. The summed E-state index contributed by atoms with van der Waals surface area (Å²) in [5.41, 5.74) is -5.02. The first kappa shape index (κ1) is 37.2. The number of aliphatic hydroxyl groups excluding tert-OH is 1. The van der Waals surface area contributed by atoms with Crippen LogP contribution in [-0.4, -0.2) is 88.2 Å². The van der Waals surface area contributed by atoms with Crippen LogP contribution in [0, 0.1) is 0 Å². The Labute approximate surface area is 271 Å². The van der Waals surface area contributed by atoms with E-state index in [0.717, 1.165) is 0 Å². The van der Waals surface area contributed by atoms with Crippen molar-refractivity contribution in [2.45, 2.75) is 50.9 Å². The highest BCUT2D eigenvalue weighted by molar-refractivity contribution is 5.61. The van der Waals surface area contributed by atoms with Gasteiger partial charge in [0.1, 0.15) is 25.1 Å². The first-order valence-electron chi connectivity index (χ1n) is 14.2. The van der Waals surface area contributed by atoms with Crippen LogP contribution in [0.15, 0.2) is 35.6 Å². The maximum Gasteiger partial charge on any atom is 0.423 e. The number of nitrogens with one attached hydrogen (secondary N) is 1. The summed E-state index contributed by atoms with van der Waals surface area (Å²) in [5, 5.41) is 17.0. The zero-order chi connectivity index (χ0) is 36.1. The van der Waals surface area contributed by atoms with Gasteiger partial charge in [-0.25, -0.2) is 19.6 Å². The topological polar surface area (TPSA) is 140 Å². The third-order valence-electron chi connectivity index (χ3n) is 6.89. The van der Waals surface area contributed by atoms with Gasteiger partial charge in [-0.1, -0.05) is 0 Å². The van der Waals surface area contributed by atoms with E-state index in [4.69, 9.17) is 9.47 Å². The number of piperazine rings is 1. The zero-order valence-corrected chi connectivity index (χ0v) is 25.6. The Morgan fingerprint density at radius 3 is 2.31 bits per heavy atom. The third-order valence-corrected chi connectivity index (χ3v) is 6.89. The number of halogens is 9. The molecule has 0 spiro atoms. The number of aliphatic hydroxyl groups is 1. The van der Waals surface area contributed by atoms with Crippen LogP contribution in [0.3, 0.4) is 0 Å². The Hall–Kier alpha value is -4.60. The Morgan fingerprint density at radius 1 is 1.02 bits per heavy atom. The van der Waals surface area contributed by atoms with Crippen molar-refractivity contribution in [3.8, 4) is 11.5 Å². The van der Waals surface area contributed by atoms with Gasteiger partial charge in [0.2, 0.25) is 11.7 Å². The molecule has 0 saturated carbocycles. The summed E-state index contributed by atoms with van der Waals surface area (Å²) in [5.74, 6) is 0.243. The Morgan fingerprint density at radius 2 is 1.71 bits per heavy atom. The molecule has 2 atom stereocenters. The summed E-state index contributed by atoms with van der Waals surface area (Å²) in [4.78, 5) is 27.2. The first-order chi connectivity index (χ1) is 22.9. The van der Waals surface area contributed by atoms with Gasteiger partial charge in [0.25, 0.3) is 5.56 Å². The van der Waals surface area contributed by atoms with E-state index in [9.17, 15) is 49.4 Å². The van der Waals surface area contributed by atoms with Crippen molar-refractivity contribution in [3.63, 3.8) is 0 Å². The van der Waals surface area contributed by atoms with E-state index in [1.165, 1.54) is 36.1 Å². The van der Waals surface area contributed by atoms with Gasteiger partial charge in [-0.2, -0.15) is 44.6 Å². The van der Waals surface area contributed by atoms with E-state index >= 15 is 0 Å². The number of methoxy groups -OCH3 is 1. The number of anilines is 3. The summed E-state index contributed by atoms with van der Waals surface area (Å²) in [7, 11) is 1.29. The van der Waals surface area contributed by atoms with E-state index in [1.807, 2.05) is 0 Å². The minimum absolute atomic E-state index is 0.0272. The van der Waals surface area contributed by atoms with Crippen LogP contribution in [0.2, 0.25) is 0 Å². The van der Waals surface area contributed by atoms with E-state index in [1.54, 1.807) is 0 Å². The number of nitrogens with zero attached hydrogens (tertiary/aromatic N) is 7. The van der Waals surface area contributed by atoms with Crippen LogP contribution >= 0.6 is 0 Å². The smallest absolute Gasteiger partial charge is 0.423 e. The van der Waals surface area contributed by atoms with Gasteiger partial charge >= 0.3 is 18.5 Å². The monoisotopic (exact) mass is 716 g/mol. The van der Waals surface area contributed by atoms with Crippen LogP contribution in [0.1, 0.15) is 24.5 Å². The maximum atomic E-state index is 13.9. The zero-order valence-electron chi connectivity index (χ0n) is 25.6. The largest absolute Gasteiger partial charge is 0.490 e. The molecular formula is C27H29F9N8O5. The molecule has 0 unspecified atom stereocenters. The second-order valence-corrected chi connectivity index (χ2v) is 10.6. The van der Waals surface area contributed by atoms with Crippen molar-refractivity contribution in [1.82, 2.24) is 24.7 Å². The Kier molecular flexibility index (Phi) is 11.3. The number of alkyl halides is 9. The molecule has 1 fully saturated rings. The highest BCUT2D eigenvalue weighted by atomic mass is 19.4. The molecular weight excluding hydrogens is 687 g/mol. The molecule has 1 aliphatic heterocycles. The summed E-state index contributed by atoms with van der Waals surface area (Å²) in [6.45, 7) is -0.519. The predicted octanol–water partition coefficient (Wildman–Crippen LogP) is 3.93. The number of hydrogen-bond donors (Lipinski definition) is 2. The molecule has 0 amide bonds. The summed E-state index contributed by atoms with van der Waals surface area (Å²) < 4.78 is 133. The molecule has 1 saturated heterocycles. The van der Waals surface area contributed by atoms with E-state index < -0.39 is 72.9 Å². The lowest BCUT2D eigenvalue weighted by atomic mass is 10.2. The predicted molar refractivity (Wildman–Crippen MR) is 152 cm³/mol. The van der Waals surface area contributed by atoms with Gasteiger partial charge < -0.3 is 34.4 Å².